The van der Waals surface area contributed by atoms with E-state index in [4.69, 9.17) is 16.3 Å². The topological polar surface area (TPSA) is 21.3 Å². The molecule has 1 unspecified atom stereocenters. The molecule has 0 fully saturated rings. The highest BCUT2D eigenvalue weighted by molar-refractivity contribution is 9.10. The Labute approximate surface area is 138 Å². The molecule has 0 amide bonds. The van der Waals surface area contributed by atoms with E-state index in [2.05, 4.69) is 45.5 Å². The lowest BCUT2D eigenvalue weighted by atomic mass is 9.97. The SMILES string of the molecule is CNC(Cc1cc(Br)cc2c1OCC2)c1ccc(Cl)cc1. The van der Waals surface area contributed by atoms with Crippen LogP contribution in [0.3, 0.4) is 0 Å². The molecular formula is C17H17BrClNO. The van der Waals surface area contributed by atoms with Crippen molar-refractivity contribution in [2.24, 2.45) is 0 Å². The maximum atomic E-state index is 5.97. The maximum absolute atomic E-state index is 5.97. The summed E-state index contributed by atoms with van der Waals surface area (Å²) >= 11 is 9.57. The molecule has 0 radical (unpaired) electrons. The van der Waals surface area contributed by atoms with Gasteiger partial charge in [0.25, 0.3) is 0 Å². The molecule has 0 bridgehead atoms. The molecule has 2 aromatic carbocycles. The van der Waals surface area contributed by atoms with E-state index in [1.165, 1.54) is 16.7 Å². The van der Waals surface area contributed by atoms with Gasteiger partial charge in [0.2, 0.25) is 0 Å². The lowest BCUT2D eigenvalue weighted by Gasteiger charge is -2.19. The smallest absolute Gasteiger partial charge is 0.125 e. The standard InChI is InChI=1S/C17H17BrClNO/c1-20-16(11-2-4-15(19)5-3-11)10-13-9-14(18)8-12-6-7-21-17(12)13/h2-5,8-9,16,20H,6-7,10H2,1H3. The number of likely N-dealkylation sites (N-methyl/N-ethyl adjacent to an activating group) is 1. The fraction of sp³-hybridized carbons (Fsp3) is 0.294. The second-order valence-corrected chi connectivity index (χ2v) is 6.60. The number of nitrogens with one attached hydrogen (secondary N) is 1. The summed E-state index contributed by atoms with van der Waals surface area (Å²) in [4.78, 5) is 0. The van der Waals surface area contributed by atoms with Gasteiger partial charge in [-0.05, 0) is 54.4 Å². The van der Waals surface area contributed by atoms with Crippen molar-refractivity contribution >= 4 is 27.5 Å². The van der Waals surface area contributed by atoms with Crippen molar-refractivity contribution in [3.05, 3.63) is 62.6 Å². The molecule has 1 aliphatic rings. The van der Waals surface area contributed by atoms with Crippen molar-refractivity contribution in [2.45, 2.75) is 18.9 Å². The van der Waals surface area contributed by atoms with Crippen LogP contribution in [0, 0.1) is 0 Å². The first-order valence-corrected chi connectivity index (χ1v) is 8.21. The highest BCUT2D eigenvalue weighted by Crippen LogP contribution is 2.35. The van der Waals surface area contributed by atoms with Crippen LogP contribution < -0.4 is 10.1 Å². The second kappa shape index (κ2) is 6.39. The minimum atomic E-state index is 0.241. The average molecular weight is 367 g/mol. The number of rotatable bonds is 4. The molecule has 1 N–H and O–H groups in total. The van der Waals surface area contributed by atoms with Gasteiger partial charge in [0.15, 0.2) is 0 Å². The molecule has 0 aromatic heterocycles. The summed E-state index contributed by atoms with van der Waals surface area (Å²) in [5.41, 5.74) is 3.77. The van der Waals surface area contributed by atoms with Crippen LogP contribution in [0.2, 0.25) is 5.02 Å². The Morgan fingerprint density at radius 3 is 2.76 bits per heavy atom. The van der Waals surface area contributed by atoms with Gasteiger partial charge in [-0.1, -0.05) is 39.7 Å². The van der Waals surface area contributed by atoms with Crippen LogP contribution >= 0.6 is 27.5 Å². The summed E-state index contributed by atoms with van der Waals surface area (Å²) in [6.45, 7) is 0.782. The number of ether oxygens (including phenoxy) is 1. The number of benzene rings is 2. The molecule has 3 rings (SSSR count). The molecule has 4 heteroatoms. The maximum Gasteiger partial charge on any atom is 0.125 e. The van der Waals surface area contributed by atoms with Crippen LogP contribution in [0.4, 0.5) is 0 Å². The average Bonchev–Trinajstić information content (AvgIpc) is 2.94. The monoisotopic (exact) mass is 365 g/mol. The summed E-state index contributed by atoms with van der Waals surface area (Å²) in [5, 5.41) is 4.15. The minimum absolute atomic E-state index is 0.241. The van der Waals surface area contributed by atoms with Crippen LogP contribution in [0.25, 0.3) is 0 Å². The molecule has 0 aliphatic carbocycles. The fourth-order valence-corrected chi connectivity index (χ4v) is 3.48. The molecule has 0 spiro atoms. The van der Waals surface area contributed by atoms with Crippen molar-refractivity contribution in [2.75, 3.05) is 13.7 Å². The molecule has 1 atom stereocenters. The first-order valence-electron chi connectivity index (χ1n) is 7.04. The van der Waals surface area contributed by atoms with Gasteiger partial charge in [-0.15, -0.1) is 0 Å². The van der Waals surface area contributed by atoms with E-state index in [0.29, 0.717) is 0 Å². The van der Waals surface area contributed by atoms with Crippen molar-refractivity contribution in [3.63, 3.8) is 0 Å². The lowest BCUT2D eigenvalue weighted by molar-refractivity contribution is 0.352. The highest BCUT2D eigenvalue weighted by atomic mass is 79.9. The summed E-state index contributed by atoms with van der Waals surface area (Å²) in [7, 11) is 1.98. The van der Waals surface area contributed by atoms with E-state index in [9.17, 15) is 0 Å². The molecule has 1 aliphatic heterocycles. The third-order valence-electron chi connectivity index (χ3n) is 3.87. The van der Waals surface area contributed by atoms with E-state index >= 15 is 0 Å². The summed E-state index contributed by atoms with van der Waals surface area (Å²) in [6.07, 6.45) is 1.88. The Hall–Kier alpha value is -1.03. The molecule has 0 saturated carbocycles. The molecule has 21 heavy (non-hydrogen) atoms. The molecule has 2 aromatic rings. The number of fused-ring (bicyclic) bond motifs is 1. The molecule has 0 saturated heterocycles. The molecule has 2 nitrogen and oxygen atoms in total. The van der Waals surface area contributed by atoms with E-state index in [-0.39, 0.29) is 6.04 Å². The predicted molar refractivity (Wildman–Crippen MR) is 90.3 cm³/mol. The quantitative estimate of drug-likeness (QED) is 0.857. The van der Waals surface area contributed by atoms with Gasteiger partial charge < -0.3 is 10.1 Å². The van der Waals surface area contributed by atoms with Crippen LogP contribution in [-0.2, 0) is 12.8 Å². The molecule has 110 valence electrons. The van der Waals surface area contributed by atoms with Gasteiger partial charge in [0.05, 0.1) is 6.61 Å². The number of hydrogen-bond donors (Lipinski definition) is 1. The second-order valence-electron chi connectivity index (χ2n) is 5.25. The van der Waals surface area contributed by atoms with Gasteiger partial charge in [-0.25, -0.2) is 0 Å². The van der Waals surface area contributed by atoms with Crippen molar-refractivity contribution in [1.29, 1.82) is 0 Å². The van der Waals surface area contributed by atoms with Gasteiger partial charge >= 0.3 is 0 Å². The third-order valence-corrected chi connectivity index (χ3v) is 4.58. The third kappa shape index (κ3) is 3.25. The Morgan fingerprint density at radius 1 is 1.29 bits per heavy atom. The fourth-order valence-electron chi connectivity index (χ4n) is 2.80. The van der Waals surface area contributed by atoms with Gasteiger partial charge in [0, 0.05) is 22.0 Å². The first kappa shape index (κ1) is 14.9. The zero-order valence-electron chi connectivity index (χ0n) is 11.8. The van der Waals surface area contributed by atoms with Crippen molar-refractivity contribution < 1.29 is 4.74 Å². The Bertz CT molecular complexity index is 642. The Kier molecular flexibility index (Phi) is 4.53. The highest BCUT2D eigenvalue weighted by Gasteiger charge is 2.20. The minimum Gasteiger partial charge on any atom is -0.493 e. The van der Waals surface area contributed by atoms with Gasteiger partial charge in [-0.3, -0.25) is 0 Å². The summed E-state index contributed by atoms with van der Waals surface area (Å²) in [5.74, 6) is 1.06. The zero-order chi connectivity index (χ0) is 14.8. The van der Waals surface area contributed by atoms with Gasteiger partial charge in [0.1, 0.15) is 5.75 Å². The summed E-state index contributed by atoms with van der Waals surface area (Å²) in [6, 6.07) is 12.6. The van der Waals surface area contributed by atoms with Crippen LogP contribution in [0.15, 0.2) is 40.9 Å². The van der Waals surface area contributed by atoms with Crippen LogP contribution in [0.1, 0.15) is 22.7 Å². The van der Waals surface area contributed by atoms with Crippen LogP contribution in [0.5, 0.6) is 5.75 Å². The largest absolute Gasteiger partial charge is 0.493 e. The zero-order valence-corrected chi connectivity index (χ0v) is 14.2. The van der Waals surface area contributed by atoms with Crippen LogP contribution in [-0.4, -0.2) is 13.7 Å². The van der Waals surface area contributed by atoms with E-state index in [0.717, 1.165) is 34.7 Å². The lowest BCUT2D eigenvalue weighted by Crippen LogP contribution is -2.19. The Balaban J connectivity index is 1.89. The predicted octanol–water partition coefficient (Wildman–Crippen LogP) is 4.54. The molecular weight excluding hydrogens is 350 g/mol. The first-order chi connectivity index (χ1) is 10.2. The van der Waals surface area contributed by atoms with Crippen molar-refractivity contribution in [3.8, 4) is 5.75 Å². The van der Waals surface area contributed by atoms with E-state index < -0.39 is 0 Å². The normalized spacial score (nSPS) is 14.6. The summed E-state index contributed by atoms with van der Waals surface area (Å²) < 4.78 is 6.93. The van der Waals surface area contributed by atoms with E-state index in [1.54, 1.807) is 0 Å². The van der Waals surface area contributed by atoms with Gasteiger partial charge in [-0.2, -0.15) is 0 Å². The van der Waals surface area contributed by atoms with Crippen molar-refractivity contribution in [1.82, 2.24) is 5.32 Å². The molecule has 1 heterocycles. The Morgan fingerprint density at radius 2 is 2.05 bits per heavy atom. The number of hydrogen-bond acceptors (Lipinski definition) is 2. The number of halogens is 2. The van der Waals surface area contributed by atoms with E-state index in [1.807, 2.05) is 19.2 Å².